The van der Waals surface area contributed by atoms with E-state index in [9.17, 15) is 4.79 Å². The van der Waals surface area contributed by atoms with Crippen LogP contribution in [0, 0.1) is 0 Å². The Kier molecular flexibility index (Phi) is 5.49. The van der Waals surface area contributed by atoms with E-state index in [2.05, 4.69) is 5.32 Å². The van der Waals surface area contributed by atoms with Crippen molar-refractivity contribution in [2.45, 2.75) is 18.2 Å². The molecule has 1 aromatic rings. The lowest BCUT2D eigenvalue weighted by atomic mass is 10.3. The summed E-state index contributed by atoms with van der Waals surface area (Å²) >= 11 is 7.20. The molecule has 0 aliphatic heterocycles. The third-order valence-electron chi connectivity index (χ3n) is 1.90. The number of carbonyl (C=O) groups excluding carboxylic acids is 1. The Morgan fingerprint density at radius 2 is 2.31 bits per heavy atom. The average molecular weight is 259 g/mol. The fourth-order valence-electron chi connectivity index (χ4n) is 1.11. The molecule has 1 aromatic carbocycles. The number of benzene rings is 1. The van der Waals surface area contributed by atoms with Crippen LogP contribution in [0.25, 0.3) is 0 Å². The number of amides is 1. The predicted octanol–water partition coefficient (Wildman–Crippen LogP) is 2.54. The molecule has 0 aliphatic rings. The van der Waals surface area contributed by atoms with E-state index in [0.717, 1.165) is 17.9 Å². The average Bonchev–Trinajstić information content (AvgIpc) is 2.25. The lowest BCUT2D eigenvalue weighted by molar-refractivity contribution is -0.118. The molecule has 0 saturated carbocycles. The van der Waals surface area contributed by atoms with Crippen LogP contribution in [0.1, 0.15) is 13.3 Å². The van der Waals surface area contributed by atoms with Gasteiger partial charge in [0.25, 0.3) is 0 Å². The van der Waals surface area contributed by atoms with Gasteiger partial charge < -0.3 is 11.1 Å². The number of nitrogens with one attached hydrogen (secondary N) is 1. The maximum atomic E-state index is 11.4. The van der Waals surface area contributed by atoms with Crippen LogP contribution in [0.2, 0.25) is 5.02 Å². The fourth-order valence-corrected chi connectivity index (χ4v) is 2.07. The smallest absolute Gasteiger partial charge is 0.230 e. The van der Waals surface area contributed by atoms with Crippen LogP contribution in [-0.2, 0) is 4.79 Å². The minimum atomic E-state index is 0.0289. The normalized spacial score (nSPS) is 10.1. The molecular formula is C11H15ClN2OS. The van der Waals surface area contributed by atoms with Gasteiger partial charge in [0.2, 0.25) is 5.91 Å². The van der Waals surface area contributed by atoms with Gasteiger partial charge in [0.1, 0.15) is 0 Å². The highest BCUT2D eigenvalue weighted by molar-refractivity contribution is 8.00. The van der Waals surface area contributed by atoms with Crippen molar-refractivity contribution in [1.29, 1.82) is 0 Å². The quantitative estimate of drug-likeness (QED) is 0.630. The monoisotopic (exact) mass is 258 g/mol. The first-order valence-electron chi connectivity index (χ1n) is 5.08. The SMILES string of the molecule is CCCNC(=O)CSc1ccc(Cl)cc1N. The van der Waals surface area contributed by atoms with Crippen molar-refractivity contribution < 1.29 is 4.79 Å². The third-order valence-corrected chi connectivity index (χ3v) is 3.23. The maximum absolute atomic E-state index is 11.4. The molecule has 0 fully saturated rings. The predicted molar refractivity (Wildman–Crippen MR) is 69.9 cm³/mol. The molecule has 0 heterocycles. The lowest BCUT2D eigenvalue weighted by Gasteiger charge is -2.06. The van der Waals surface area contributed by atoms with Crippen LogP contribution < -0.4 is 11.1 Å². The van der Waals surface area contributed by atoms with Crippen molar-refractivity contribution in [2.24, 2.45) is 0 Å². The van der Waals surface area contributed by atoms with E-state index in [4.69, 9.17) is 17.3 Å². The number of anilines is 1. The molecule has 0 saturated heterocycles. The topological polar surface area (TPSA) is 55.1 Å². The van der Waals surface area contributed by atoms with Gasteiger partial charge in [0.15, 0.2) is 0 Å². The summed E-state index contributed by atoms with van der Waals surface area (Å²) in [5.74, 6) is 0.410. The number of carbonyl (C=O) groups is 1. The molecule has 0 spiro atoms. The van der Waals surface area contributed by atoms with Gasteiger partial charge in [0, 0.05) is 22.2 Å². The van der Waals surface area contributed by atoms with Crippen molar-refractivity contribution in [3.05, 3.63) is 23.2 Å². The van der Waals surface area contributed by atoms with Crippen LogP contribution >= 0.6 is 23.4 Å². The summed E-state index contributed by atoms with van der Waals surface area (Å²) in [6.45, 7) is 2.74. The van der Waals surface area contributed by atoms with Gasteiger partial charge >= 0.3 is 0 Å². The molecule has 88 valence electrons. The van der Waals surface area contributed by atoms with Crippen LogP contribution in [0.4, 0.5) is 5.69 Å². The van der Waals surface area contributed by atoms with Crippen LogP contribution in [0.15, 0.2) is 23.1 Å². The zero-order valence-electron chi connectivity index (χ0n) is 9.13. The molecule has 3 nitrogen and oxygen atoms in total. The van der Waals surface area contributed by atoms with E-state index >= 15 is 0 Å². The van der Waals surface area contributed by atoms with Gasteiger partial charge in [-0.3, -0.25) is 4.79 Å². The van der Waals surface area contributed by atoms with Crippen molar-refractivity contribution in [1.82, 2.24) is 5.32 Å². The Labute approximate surface area is 105 Å². The summed E-state index contributed by atoms with van der Waals surface area (Å²) in [5.41, 5.74) is 6.38. The van der Waals surface area contributed by atoms with E-state index in [1.165, 1.54) is 11.8 Å². The summed E-state index contributed by atoms with van der Waals surface area (Å²) < 4.78 is 0. The van der Waals surface area contributed by atoms with Crippen LogP contribution in [0.3, 0.4) is 0 Å². The van der Waals surface area contributed by atoms with E-state index in [-0.39, 0.29) is 5.91 Å². The molecule has 16 heavy (non-hydrogen) atoms. The van der Waals surface area contributed by atoms with Gasteiger partial charge in [-0.2, -0.15) is 0 Å². The number of hydrogen-bond acceptors (Lipinski definition) is 3. The van der Waals surface area contributed by atoms with Crippen molar-refractivity contribution in [3.8, 4) is 0 Å². The van der Waals surface area contributed by atoms with Gasteiger partial charge in [-0.25, -0.2) is 0 Å². The number of thioether (sulfide) groups is 1. The minimum absolute atomic E-state index is 0.0289. The number of rotatable bonds is 5. The summed E-state index contributed by atoms with van der Waals surface area (Å²) in [6, 6.07) is 5.29. The molecule has 0 aromatic heterocycles. The molecule has 3 N–H and O–H groups in total. The van der Waals surface area contributed by atoms with Crippen molar-refractivity contribution in [3.63, 3.8) is 0 Å². The Morgan fingerprint density at radius 3 is 2.94 bits per heavy atom. The Morgan fingerprint density at radius 1 is 1.56 bits per heavy atom. The van der Waals surface area contributed by atoms with E-state index in [1.54, 1.807) is 12.1 Å². The second-order valence-corrected chi connectivity index (χ2v) is 4.77. The second kappa shape index (κ2) is 6.66. The van der Waals surface area contributed by atoms with E-state index in [1.807, 2.05) is 13.0 Å². The number of halogens is 1. The molecule has 1 amide bonds. The highest BCUT2D eigenvalue weighted by Crippen LogP contribution is 2.27. The Hall–Kier alpha value is -0.870. The zero-order chi connectivity index (χ0) is 12.0. The Bertz CT molecular complexity index is 371. The number of nitrogen functional groups attached to an aromatic ring is 1. The maximum Gasteiger partial charge on any atom is 0.230 e. The summed E-state index contributed by atoms with van der Waals surface area (Å²) in [5, 5.41) is 3.42. The van der Waals surface area contributed by atoms with Gasteiger partial charge in [-0.15, -0.1) is 11.8 Å². The fraction of sp³-hybridized carbons (Fsp3) is 0.364. The zero-order valence-corrected chi connectivity index (χ0v) is 10.7. The number of hydrogen-bond donors (Lipinski definition) is 2. The molecule has 1 rings (SSSR count). The van der Waals surface area contributed by atoms with Crippen LogP contribution in [-0.4, -0.2) is 18.2 Å². The van der Waals surface area contributed by atoms with Crippen molar-refractivity contribution >= 4 is 35.0 Å². The molecule has 0 unspecified atom stereocenters. The van der Waals surface area contributed by atoms with Gasteiger partial charge in [0.05, 0.1) is 5.75 Å². The molecule has 0 radical (unpaired) electrons. The lowest BCUT2D eigenvalue weighted by Crippen LogP contribution is -2.25. The largest absolute Gasteiger partial charge is 0.398 e. The number of nitrogens with two attached hydrogens (primary N) is 1. The second-order valence-electron chi connectivity index (χ2n) is 3.32. The van der Waals surface area contributed by atoms with E-state index in [0.29, 0.717) is 16.5 Å². The summed E-state index contributed by atoms with van der Waals surface area (Å²) in [4.78, 5) is 12.2. The first-order valence-corrected chi connectivity index (χ1v) is 6.44. The molecule has 0 atom stereocenters. The molecular weight excluding hydrogens is 244 g/mol. The highest BCUT2D eigenvalue weighted by Gasteiger charge is 2.04. The van der Waals surface area contributed by atoms with Gasteiger partial charge in [-0.05, 0) is 24.6 Å². The third kappa shape index (κ3) is 4.33. The molecule has 5 heteroatoms. The molecule has 0 aliphatic carbocycles. The highest BCUT2D eigenvalue weighted by atomic mass is 35.5. The minimum Gasteiger partial charge on any atom is -0.398 e. The van der Waals surface area contributed by atoms with Crippen molar-refractivity contribution in [2.75, 3.05) is 18.0 Å². The summed E-state index contributed by atoms with van der Waals surface area (Å²) in [6.07, 6.45) is 0.944. The first-order chi connectivity index (χ1) is 7.63. The molecule has 0 bridgehead atoms. The van der Waals surface area contributed by atoms with Gasteiger partial charge in [-0.1, -0.05) is 18.5 Å². The van der Waals surface area contributed by atoms with Crippen LogP contribution in [0.5, 0.6) is 0 Å². The first kappa shape index (κ1) is 13.2. The Balaban J connectivity index is 2.45. The van der Waals surface area contributed by atoms with E-state index < -0.39 is 0 Å². The summed E-state index contributed by atoms with van der Waals surface area (Å²) in [7, 11) is 0. The standard InChI is InChI=1S/C11H15ClN2OS/c1-2-5-14-11(15)7-16-10-4-3-8(12)6-9(10)13/h3-4,6H,2,5,7,13H2,1H3,(H,14,15).